The van der Waals surface area contributed by atoms with Gasteiger partial charge in [-0.3, -0.25) is 0 Å². The summed E-state index contributed by atoms with van der Waals surface area (Å²) in [6, 6.07) is 9.48. The zero-order chi connectivity index (χ0) is 14.2. The largest absolute Gasteiger partial charge is 0.309 e. The minimum absolute atomic E-state index is 0.522. The van der Waals surface area contributed by atoms with Crippen LogP contribution < -0.4 is 5.32 Å². The molecule has 2 heteroatoms. The third-order valence-electron chi connectivity index (χ3n) is 4.31. The maximum atomic E-state index is 3.72. The summed E-state index contributed by atoms with van der Waals surface area (Å²) in [5.74, 6) is 0. The van der Waals surface area contributed by atoms with E-state index in [0.717, 1.165) is 13.1 Å². The van der Waals surface area contributed by atoms with Gasteiger partial charge in [-0.25, -0.2) is 0 Å². The van der Waals surface area contributed by atoms with Gasteiger partial charge in [-0.2, -0.15) is 0 Å². The van der Waals surface area contributed by atoms with Crippen LogP contribution in [0, 0.1) is 0 Å². The lowest BCUT2D eigenvalue weighted by atomic mass is 9.94. The van der Waals surface area contributed by atoms with Gasteiger partial charge < -0.3 is 10.2 Å². The first kappa shape index (κ1) is 15.5. The van der Waals surface area contributed by atoms with Gasteiger partial charge in [-0.1, -0.05) is 51.0 Å². The molecule has 1 unspecified atom stereocenters. The van der Waals surface area contributed by atoms with E-state index in [1.165, 1.54) is 50.8 Å². The van der Waals surface area contributed by atoms with E-state index in [0.29, 0.717) is 6.04 Å². The highest BCUT2D eigenvalue weighted by molar-refractivity contribution is 5.32. The second-order valence-electron chi connectivity index (χ2n) is 5.96. The van der Waals surface area contributed by atoms with Crippen molar-refractivity contribution in [2.75, 3.05) is 26.2 Å². The molecule has 0 amide bonds. The van der Waals surface area contributed by atoms with Crippen molar-refractivity contribution in [1.29, 1.82) is 0 Å². The van der Waals surface area contributed by atoms with E-state index in [4.69, 9.17) is 0 Å². The summed E-state index contributed by atoms with van der Waals surface area (Å²) in [6.45, 7) is 9.35. The van der Waals surface area contributed by atoms with Crippen LogP contribution in [0.4, 0.5) is 0 Å². The Labute approximate surface area is 124 Å². The van der Waals surface area contributed by atoms with Crippen molar-refractivity contribution in [1.82, 2.24) is 10.2 Å². The van der Waals surface area contributed by atoms with E-state index in [2.05, 4.69) is 48.3 Å². The lowest BCUT2D eigenvalue weighted by Crippen LogP contribution is -2.39. The monoisotopic (exact) mass is 274 g/mol. The molecule has 1 N–H and O–H groups in total. The molecule has 20 heavy (non-hydrogen) atoms. The SMILES string of the molecule is CCCCN(CCCC)CC1NCCc2ccccc21. The highest BCUT2D eigenvalue weighted by Gasteiger charge is 2.21. The van der Waals surface area contributed by atoms with Gasteiger partial charge in [0.2, 0.25) is 0 Å². The van der Waals surface area contributed by atoms with Gasteiger partial charge in [0.1, 0.15) is 0 Å². The molecule has 2 rings (SSSR count). The number of hydrogen-bond acceptors (Lipinski definition) is 2. The number of nitrogens with one attached hydrogen (secondary N) is 1. The molecule has 0 bridgehead atoms. The fraction of sp³-hybridized carbons (Fsp3) is 0.667. The van der Waals surface area contributed by atoms with Gasteiger partial charge in [-0.05, 0) is 50.0 Å². The van der Waals surface area contributed by atoms with Crippen LogP contribution in [0.15, 0.2) is 24.3 Å². The van der Waals surface area contributed by atoms with Crippen molar-refractivity contribution in [2.45, 2.75) is 52.0 Å². The Bertz CT molecular complexity index is 381. The number of hydrogen-bond donors (Lipinski definition) is 1. The number of benzene rings is 1. The Kier molecular flexibility index (Phi) is 6.55. The number of fused-ring (bicyclic) bond motifs is 1. The van der Waals surface area contributed by atoms with E-state index >= 15 is 0 Å². The van der Waals surface area contributed by atoms with E-state index in [1.807, 2.05) is 0 Å². The lowest BCUT2D eigenvalue weighted by molar-refractivity contribution is 0.232. The molecule has 0 aromatic heterocycles. The minimum atomic E-state index is 0.522. The molecular formula is C18H30N2. The van der Waals surface area contributed by atoms with Crippen LogP contribution in [0.25, 0.3) is 0 Å². The fourth-order valence-electron chi connectivity index (χ4n) is 3.07. The van der Waals surface area contributed by atoms with Crippen LogP contribution in [-0.2, 0) is 6.42 Å². The van der Waals surface area contributed by atoms with Gasteiger partial charge in [0.15, 0.2) is 0 Å². The molecule has 1 aliphatic rings. The number of nitrogens with zero attached hydrogens (tertiary/aromatic N) is 1. The Hall–Kier alpha value is -0.860. The van der Waals surface area contributed by atoms with Crippen LogP contribution in [0.3, 0.4) is 0 Å². The second-order valence-corrected chi connectivity index (χ2v) is 5.96. The van der Waals surface area contributed by atoms with Crippen molar-refractivity contribution >= 4 is 0 Å². The van der Waals surface area contributed by atoms with Crippen molar-refractivity contribution in [3.8, 4) is 0 Å². The highest BCUT2D eigenvalue weighted by Crippen LogP contribution is 2.23. The zero-order valence-corrected chi connectivity index (χ0v) is 13.2. The van der Waals surface area contributed by atoms with Crippen LogP contribution >= 0.6 is 0 Å². The van der Waals surface area contributed by atoms with Crippen LogP contribution in [0.1, 0.15) is 56.7 Å². The highest BCUT2D eigenvalue weighted by atomic mass is 15.1. The molecule has 2 nitrogen and oxygen atoms in total. The molecule has 1 heterocycles. The third kappa shape index (κ3) is 4.32. The standard InChI is InChI=1S/C18H30N2/c1-3-5-13-20(14-6-4-2)15-18-17-10-8-7-9-16(17)11-12-19-18/h7-10,18-19H,3-6,11-15H2,1-2H3. The first-order chi connectivity index (χ1) is 9.85. The Balaban J connectivity index is 1.99. The summed E-state index contributed by atoms with van der Waals surface area (Å²) >= 11 is 0. The summed E-state index contributed by atoms with van der Waals surface area (Å²) in [5, 5.41) is 3.72. The molecule has 1 aromatic rings. The molecule has 0 aliphatic carbocycles. The summed E-state index contributed by atoms with van der Waals surface area (Å²) in [5.41, 5.74) is 3.07. The summed E-state index contributed by atoms with van der Waals surface area (Å²) in [7, 11) is 0. The molecular weight excluding hydrogens is 244 g/mol. The Morgan fingerprint density at radius 2 is 1.80 bits per heavy atom. The summed E-state index contributed by atoms with van der Waals surface area (Å²) < 4.78 is 0. The first-order valence-electron chi connectivity index (χ1n) is 8.38. The molecule has 0 saturated heterocycles. The quantitative estimate of drug-likeness (QED) is 0.776. The second kappa shape index (κ2) is 8.43. The molecule has 0 radical (unpaired) electrons. The summed E-state index contributed by atoms with van der Waals surface area (Å²) in [6.07, 6.45) is 6.39. The maximum Gasteiger partial charge on any atom is 0.0452 e. The predicted molar refractivity (Wildman–Crippen MR) is 87.1 cm³/mol. The van der Waals surface area contributed by atoms with E-state index in [-0.39, 0.29) is 0 Å². The van der Waals surface area contributed by atoms with Gasteiger partial charge in [-0.15, -0.1) is 0 Å². The van der Waals surface area contributed by atoms with Crippen molar-refractivity contribution in [3.05, 3.63) is 35.4 Å². The first-order valence-corrected chi connectivity index (χ1v) is 8.38. The van der Waals surface area contributed by atoms with E-state index in [9.17, 15) is 0 Å². The van der Waals surface area contributed by atoms with Crippen molar-refractivity contribution in [2.24, 2.45) is 0 Å². The van der Waals surface area contributed by atoms with Gasteiger partial charge in [0.25, 0.3) is 0 Å². The topological polar surface area (TPSA) is 15.3 Å². The fourth-order valence-corrected chi connectivity index (χ4v) is 3.07. The third-order valence-corrected chi connectivity index (χ3v) is 4.31. The smallest absolute Gasteiger partial charge is 0.0452 e. The molecule has 0 saturated carbocycles. The number of unbranched alkanes of at least 4 members (excludes halogenated alkanes) is 2. The molecule has 1 aliphatic heterocycles. The van der Waals surface area contributed by atoms with E-state index < -0.39 is 0 Å². The maximum absolute atomic E-state index is 3.72. The Morgan fingerprint density at radius 3 is 2.50 bits per heavy atom. The van der Waals surface area contributed by atoms with Crippen molar-refractivity contribution < 1.29 is 0 Å². The minimum Gasteiger partial charge on any atom is -0.309 e. The molecule has 0 fully saturated rings. The van der Waals surface area contributed by atoms with Gasteiger partial charge >= 0.3 is 0 Å². The Morgan fingerprint density at radius 1 is 1.10 bits per heavy atom. The lowest BCUT2D eigenvalue weighted by Gasteiger charge is -2.32. The van der Waals surface area contributed by atoms with Crippen molar-refractivity contribution in [3.63, 3.8) is 0 Å². The average molecular weight is 274 g/mol. The van der Waals surface area contributed by atoms with Gasteiger partial charge in [0.05, 0.1) is 0 Å². The molecule has 1 atom stereocenters. The van der Waals surface area contributed by atoms with Crippen LogP contribution in [0.5, 0.6) is 0 Å². The van der Waals surface area contributed by atoms with E-state index in [1.54, 1.807) is 5.56 Å². The summed E-state index contributed by atoms with van der Waals surface area (Å²) in [4.78, 5) is 2.66. The zero-order valence-electron chi connectivity index (χ0n) is 13.2. The van der Waals surface area contributed by atoms with Gasteiger partial charge in [0, 0.05) is 12.6 Å². The molecule has 1 aromatic carbocycles. The number of rotatable bonds is 8. The van der Waals surface area contributed by atoms with Crippen LogP contribution in [0.2, 0.25) is 0 Å². The average Bonchev–Trinajstić information content (AvgIpc) is 2.50. The predicted octanol–water partition coefficient (Wildman–Crippen LogP) is 3.78. The normalized spacial score (nSPS) is 18.2. The molecule has 112 valence electrons. The van der Waals surface area contributed by atoms with Crippen LogP contribution in [-0.4, -0.2) is 31.1 Å². The molecule has 0 spiro atoms.